The molecule has 0 aliphatic heterocycles. The fourth-order valence-electron chi connectivity index (χ4n) is 3.61. The van der Waals surface area contributed by atoms with E-state index in [1.807, 2.05) is 13.8 Å². The SMILES string of the molecule is C=C(C)C(=O)OC1(F)C(F)C2CCC1(C)C2(C)C. The molecule has 102 valence electrons. The second-order valence-corrected chi connectivity index (χ2v) is 6.42. The largest absolute Gasteiger partial charge is 0.421 e. The van der Waals surface area contributed by atoms with Crippen LogP contribution in [-0.2, 0) is 9.53 Å². The van der Waals surface area contributed by atoms with Gasteiger partial charge in [0.2, 0.25) is 0 Å². The lowest BCUT2D eigenvalue weighted by Gasteiger charge is -2.42. The van der Waals surface area contributed by atoms with Gasteiger partial charge in [-0.3, -0.25) is 0 Å². The normalized spacial score (nSPS) is 45.0. The van der Waals surface area contributed by atoms with E-state index in [1.165, 1.54) is 6.92 Å². The molecule has 4 atom stereocenters. The molecule has 0 heterocycles. The van der Waals surface area contributed by atoms with Crippen LogP contribution in [0, 0.1) is 16.7 Å². The molecule has 0 spiro atoms. The molecule has 0 radical (unpaired) electrons. The summed E-state index contributed by atoms with van der Waals surface area (Å²) in [5.41, 5.74) is -1.41. The second-order valence-electron chi connectivity index (χ2n) is 6.42. The van der Waals surface area contributed by atoms with E-state index in [1.54, 1.807) is 6.92 Å². The lowest BCUT2D eigenvalue weighted by atomic mass is 9.69. The highest BCUT2D eigenvalue weighted by Gasteiger charge is 2.78. The first-order chi connectivity index (χ1) is 8.08. The fraction of sp³-hybridized carbons (Fsp3) is 0.786. The molecule has 2 aliphatic carbocycles. The molecule has 0 aromatic heterocycles. The van der Waals surface area contributed by atoms with E-state index in [0.717, 1.165) is 0 Å². The highest BCUT2D eigenvalue weighted by molar-refractivity contribution is 5.87. The van der Waals surface area contributed by atoms with Gasteiger partial charge < -0.3 is 4.74 Å². The Hall–Kier alpha value is -0.930. The average Bonchev–Trinajstić information content (AvgIpc) is 2.53. The third kappa shape index (κ3) is 1.29. The first-order valence-electron chi connectivity index (χ1n) is 6.30. The lowest BCUT2D eigenvalue weighted by Crippen LogP contribution is -2.51. The van der Waals surface area contributed by atoms with Gasteiger partial charge in [-0.1, -0.05) is 27.4 Å². The molecule has 0 N–H and O–H groups in total. The lowest BCUT2D eigenvalue weighted by molar-refractivity contribution is -0.239. The van der Waals surface area contributed by atoms with E-state index in [2.05, 4.69) is 6.58 Å². The Balaban J connectivity index is 2.40. The Morgan fingerprint density at radius 3 is 2.33 bits per heavy atom. The van der Waals surface area contributed by atoms with Crippen LogP contribution in [0.25, 0.3) is 0 Å². The van der Waals surface area contributed by atoms with Crippen molar-refractivity contribution in [2.75, 3.05) is 0 Å². The minimum Gasteiger partial charge on any atom is -0.421 e. The predicted octanol–water partition coefficient (Wildman–Crippen LogP) is 3.57. The van der Waals surface area contributed by atoms with E-state index in [4.69, 9.17) is 4.74 Å². The molecular formula is C14H20F2O2. The highest BCUT2D eigenvalue weighted by Crippen LogP contribution is 2.72. The highest BCUT2D eigenvalue weighted by atomic mass is 19.2. The maximum Gasteiger partial charge on any atom is 0.335 e. The van der Waals surface area contributed by atoms with Crippen molar-refractivity contribution in [2.24, 2.45) is 16.7 Å². The van der Waals surface area contributed by atoms with Crippen molar-refractivity contribution in [1.29, 1.82) is 0 Å². The quantitative estimate of drug-likeness (QED) is 0.559. The molecule has 0 saturated heterocycles. The Morgan fingerprint density at radius 2 is 1.94 bits per heavy atom. The van der Waals surface area contributed by atoms with E-state index >= 15 is 4.39 Å². The third-order valence-electron chi connectivity index (χ3n) is 5.35. The van der Waals surface area contributed by atoms with Crippen LogP contribution in [0.1, 0.15) is 40.5 Å². The molecule has 2 fully saturated rings. The van der Waals surface area contributed by atoms with Gasteiger partial charge in [0.25, 0.3) is 5.85 Å². The van der Waals surface area contributed by atoms with Crippen molar-refractivity contribution >= 4 is 5.97 Å². The summed E-state index contributed by atoms with van der Waals surface area (Å²) in [5.74, 6) is -3.79. The van der Waals surface area contributed by atoms with Crippen molar-refractivity contribution in [2.45, 2.75) is 52.6 Å². The number of alkyl halides is 2. The van der Waals surface area contributed by atoms with E-state index < -0.39 is 34.7 Å². The molecule has 18 heavy (non-hydrogen) atoms. The molecule has 2 aliphatic rings. The zero-order valence-corrected chi connectivity index (χ0v) is 11.3. The number of carbonyl (C=O) groups is 1. The first-order valence-corrected chi connectivity index (χ1v) is 6.30. The van der Waals surface area contributed by atoms with Gasteiger partial charge in [-0.15, -0.1) is 0 Å². The number of hydrogen-bond donors (Lipinski definition) is 0. The fourth-order valence-corrected chi connectivity index (χ4v) is 3.61. The summed E-state index contributed by atoms with van der Waals surface area (Å²) in [6, 6.07) is 0. The number of esters is 1. The van der Waals surface area contributed by atoms with Crippen LogP contribution in [-0.4, -0.2) is 18.0 Å². The van der Waals surface area contributed by atoms with Crippen molar-refractivity contribution in [3.8, 4) is 0 Å². The zero-order chi connectivity index (χ0) is 13.9. The summed E-state index contributed by atoms with van der Waals surface area (Å²) in [5, 5.41) is 0. The Kier molecular flexibility index (Phi) is 2.66. The Bertz CT molecular complexity index is 418. The molecule has 4 unspecified atom stereocenters. The summed E-state index contributed by atoms with van der Waals surface area (Å²) in [4.78, 5) is 11.6. The molecular weight excluding hydrogens is 238 g/mol. The number of fused-ring (bicyclic) bond motifs is 2. The van der Waals surface area contributed by atoms with Gasteiger partial charge in [-0.2, -0.15) is 4.39 Å². The number of carbonyl (C=O) groups excluding carboxylic acids is 1. The smallest absolute Gasteiger partial charge is 0.335 e. The maximum atomic E-state index is 15.0. The van der Waals surface area contributed by atoms with Crippen LogP contribution in [0.4, 0.5) is 8.78 Å². The van der Waals surface area contributed by atoms with Crippen LogP contribution in [0.5, 0.6) is 0 Å². The van der Waals surface area contributed by atoms with Crippen LogP contribution >= 0.6 is 0 Å². The van der Waals surface area contributed by atoms with Crippen molar-refractivity contribution in [1.82, 2.24) is 0 Å². The molecule has 2 bridgehead atoms. The van der Waals surface area contributed by atoms with Crippen LogP contribution < -0.4 is 0 Å². The minimum absolute atomic E-state index is 0.0865. The molecule has 2 saturated carbocycles. The predicted molar refractivity (Wildman–Crippen MR) is 64.3 cm³/mol. The minimum atomic E-state index is -2.53. The third-order valence-corrected chi connectivity index (χ3v) is 5.35. The summed E-state index contributed by atoms with van der Waals surface area (Å²) in [7, 11) is 0. The summed E-state index contributed by atoms with van der Waals surface area (Å²) < 4.78 is 34.2. The van der Waals surface area contributed by atoms with Gasteiger partial charge in [0.15, 0.2) is 6.17 Å². The molecule has 0 aromatic rings. The van der Waals surface area contributed by atoms with Crippen LogP contribution in [0.15, 0.2) is 12.2 Å². The number of hydrogen-bond acceptors (Lipinski definition) is 2. The maximum absolute atomic E-state index is 15.0. The monoisotopic (exact) mass is 258 g/mol. The number of halogens is 2. The standard InChI is InChI=1S/C14H20F2O2/c1-8(2)11(17)18-14(16)10(15)9-6-7-13(14,5)12(9,3)4/h9-10H,1,6-7H2,2-5H3. The number of ether oxygens (including phenoxy) is 1. The molecule has 0 aromatic carbocycles. The summed E-state index contributed by atoms with van der Waals surface area (Å²) in [6.07, 6.45) is -0.582. The van der Waals surface area contributed by atoms with Crippen molar-refractivity contribution < 1.29 is 18.3 Å². The topological polar surface area (TPSA) is 26.3 Å². The average molecular weight is 258 g/mol. The van der Waals surface area contributed by atoms with Gasteiger partial charge in [0, 0.05) is 16.9 Å². The molecule has 2 rings (SSSR count). The van der Waals surface area contributed by atoms with E-state index in [0.29, 0.717) is 12.8 Å². The van der Waals surface area contributed by atoms with E-state index in [9.17, 15) is 9.18 Å². The molecule has 4 heteroatoms. The van der Waals surface area contributed by atoms with Crippen LogP contribution in [0.2, 0.25) is 0 Å². The zero-order valence-electron chi connectivity index (χ0n) is 11.3. The van der Waals surface area contributed by atoms with Crippen molar-refractivity contribution in [3.63, 3.8) is 0 Å². The first kappa shape index (κ1) is 13.5. The van der Waals surface area contributed by atoms with Crippen molar-refractivity contribution in [3.05, 3.63) is 12.2 Å². The summed E-state index contributed by atoms with van der Waals surface area (Å²) in [6.45, 7) is 10.2. The van der Waals surface area contributed by atoms with Gasteiger partial charge in [0.05, 0.1) is 0 Å². The van der Waals surface area contributed by atoms with E-state index in [-0.39, 0.29) is 5.57 Å². The second kappa shape index (κ2) is 3.55. The van der Waals surface area contributed by atoms with Gasteiger partial charge in [-0.25, -0.2) is 9.18 Å². The Labute approximate surface area is 106 Å². The molecule has 2 nitrogen and oxygen atoms in total. The van der Waals surface area contributed by atoms with Gasteiger partial charge >= 0.3 is 5.97 Å². The molecule has 0 amide bonds. The Morgan fingerprint density at radius 1 is 1.39 bits per heavy atom. The summed E-state index contributed by atoms with van der Waals surface area (Å²) >= 11 is 0. The van der Waals surface area contributed by atoms with Crippen LogP contribution in [0.3, 0.4) is 0 Å². The van der Waals surface area contributed by atoms with Gasteiger partial charge in [0.1, 0.15) is 0 Å². The van der Waals surface area contributed by atoms with Gasteiger partial charge in [-0.05, 0) is 25.2 Å². The number of rotatable bonds is 2.